The summed E-state index contributed by atoms with van der Waals surface area (Å²) < 4.78 is 13.7. The van der Waals surface area contributed by atoms with Crippen LogP contribution in [0.25, 0.3) is 0 Å². The molecular formula is C12H18N2O3S. The molecule has 0 aromatic carbocycles. The minimum atomic E-state index is -1.41. The highest BCUT2D eigenvalue weighted by Crippen LogP contribution is 2.28. The maximum absolute atomic E-state index is 11.8. The van der Waals surface area contributed by atoms with Crippen LogP contribution >= 0.6 is 0 Å². The number of carboxylic acids is 1. The van der Waals surface area contributed by atoms with Gasteiger partial charge in [0, 0.05) is 17.0 Å². The predicted octanol–water partition coefficient (Wildman–Crippen LogP) is 1.72. The Morgan fingerprint density at radius 2 is 2.28 bits per heavy atom. The van der Waals surface area contributed by atoms with E-state index in [1.54, 1.807) is 0 Å². The van der Waals surface area contributed by atoms with Crippen LogP contribution < -0.4 is 0 Å². The second-order valence-corrected chi connectivity index (χ2v) is 6.49. The topological polar surface area (TPSA) is 72.2 Å². The van der Waals surface area contributed by atoms with Crippen LogP contribution in [0.3, 0.4) is 0 Å². The van der Waals surface area contributed by atoms with E-state index in [1.165, 1.54) is 19.8 Å². The first kappa shape index (κ1) is 13.3. The van der Waals surface area contributed by atoms with Crippen LogP contribution in [0.15, 0.2) is 12.3 Å². The standard InChI is InChI=1S/C12H18N2O3S/c1-9(12(15)16)18(17)8-10-6-7-14(13-10)11-4-2-3-5-11/h6-7,9,11H,2-5,8H2,1H3,(H,15,16). The van der Waals surface area contributed by atoms with E-state index in [0.29, 0.717) is 11.7 Å². The van der Waals surface area contributed by atoms with Gasteiger partial charge in [0.25, 0.3) is 0 Å². The SMILES string of the molecule is CC(C(=O)O)S(=O)Cc1ccn(C2CCCC2)n1. The molecule has 2 unspecified atom stereocenters. The Morgan fingerprint density at radius 1 is 1.61 bits per heavy atom. The van der Waals surface area contributed by atoms with Crippen LogP contribution in [0.5, 0.6) is 0 Å². The number of rotatable bonds is 5. The molecule has 2 rings (SSSR count). The van der Waals surface area contributed by atoms with Gasteiger partial charge in [-0.05, 0) is 25.8 Å². The molecule has 0 radical (unpaired) electrons. The third-order valence-corrected chi connectivity index (χ3v) is 4.97. The Bertz CT molecular complexity index is 452. The molecule has 1 heterocycles. The van der Waals surface area contributed by atoms with Crippen molar-refractivity contribution in [3.63, 3.8) is 0 Å². The van der Waals surface area contributed by atoms with Gasteiger partial charge >= 0.3 is 5.97 Å². The third-order valence-electron chi connectivity index (χ3n) is 3.39. The number of hydrogen-bond donors (Lipinski definition) is 1. The van der Waals surface area contributed by atoms with Gasteiger partial charge in [0.05, 0.1) is 17.5 Å². The van der Waals surface area contributed by atoms with E-state index in [9.17, 15) is 9.00 Å². The van der Waals surface area contributed by atoms with Gasteiger partial charge in [-0.2, -0.15) is 5.10 Å². The fourth-order valence-corrected chi connectivity index (χ4v) is 3.13. The van der Waals surface area contributed by atoms with Crippen LogP contribution in [0.1, 0.15) is 44.3 Å². The molecule has 1 fully saturated rings. The molecule has 0 bridgehead atoms. The lowest BCUT2D eigenvalue weighted by atomic mass is 10.3. The zero-order valence-corrected chi connectivity index (χ0v) is 11.2. The molecule has 6 heteroatoms. The maximum Gasteiger partial charge on any atom is 0.318 e. The third kappa shape index (κ3) is 2.98. The summed E-state index contributed by atoms with van der Waals surface area (Å²) in [6.45, 7) is 1.46. The Morgan fingerprint density at radius 3 is 2.89 bits per heavy atom. The van der Waals surface area contributed by atoms with Crippen molar-refractivity contribution in [1.82, 2.24) is 9.78 Å². The molecule has 1 aliphatic carbocycles. The van der Waals surface area contributed by atoms with Crippen LogP contribution in [-0.4, -0.2) is 30.3 Å². The lowest BCUT2D eigenvalue weighted by Gasteiger charge is -2.09. The summed E-state index contributed by atoms with van der Waals surface area (Å²) in [6, 6.07) is 2.30. The van der Waals surface area contributed by atoms with Crippen molar-refractivity contribution in [3.05, 3.63) is 18.0 Å². The van der Waals surface area contributed by atoms with Crippen LogP contribution in [0.2, 0.25) is 0 Å². The zero-order valence-electron chi connectivity index (χ0n) is 10.4. The van der Waals surface area contributed by atoms with Crippen molar-refractivity contribution in [1.29, 1.82) is 0 Å². The van der Waals surface area contributed by atoms with Gasteiger partial charge in [0.1, 0.15) is 5.25 Å². The second kappa shape index (κ2) is 5.65. The van der Waals surface area contributed by atoms with E-state index >= 15 is 0 Å². The molecule has 0 aliphatic heterocycles. The molecule has 2 atom stereocenters. The van der Waals surface area contributed by atoms with E-state index in [0.717, 1.165) is 12.8 Å². The average Bonchev–Trinajstić information content (AvgIpc) is 2.96. The normalized spacial score (nSPS) is 19.8. The van der Waals surface area contributed by atoms with Crippen molar-refractivity contribution in [3.8, 4) is 0 Å². The summed E-state index contributed by atoms with van der Waals surface area (Å²) in [6.07, 6.45) is 6.68. The number of hydrogen-bond acceptors (Lipinski definition) is 3. The van der Waals surface area contributed by atoms with Gasteiger partial charge in [-0.3, -0.25) is 13.7 Å². The Balaban J connectivity index is 1.98. The van der Waals surface area contributed by atoms with Gasteiger partial charge in [-0.25, -0.2) is 0 Å². The molecule has 100 valence electrons. The first-order valence-electron chi connectivity index (χ1n) is 6.22. The lowest BCUT2D eigenvalue weighted by molar-refractivity contribution is -0.136. The molecule has 1 aromatic rings. The summed E-state index contributed by atoms with van der Waals surface area (Å²) in [5.74, 6) is -0.809. The Kier molecular flexibility index (Phi) is 4.16. The molecule has 1 aliphatic rings. The Labute approximate surface area is 109 Å². The summed E-state index contributed by atoms with van der Waals surface area (Å²) >= 11 is 0. The molecule has 1 N–H and O–H groups in total. The van der Waals surface area contributed by atoms with Gasteiger partial charge < -0.3 is 5.11 Å². The molecule has 18 heavy (non-hydrogen) atoms. The zero-order chi connectivity index (χ0) is 13.1. The van der Waals surface area contributed by atoms with Crippen LogP contribution in [0.4, 0.5) is 0 Å². The minimum Gasteiger partial charge on any atom is -0.480 e. The van der Waals surface area contributed by atoms with Crippen molar-refractivity contribution in [2.75, 3.05) is 0 Å². The highest BCUT2D eigenvalue weighted by atomic mass is 32.2. The quantitative estimate of drug-likeness (QED) is 0.884. The summed E-state index contributed by atoms with van der Waals surface area (Å²) in [5.41, 5.74) is 0.716. The van der Waals surface area contributed by atoms with Crippen LogP contribution in [0, 0.1) is 0 Å². The largest absolute Gasteiger partial charge is 0.480 e. The van der Waals surface area contributed by atoms with Gasteiger partial charge in [0.2, 0.25) is 0 Å². The van der Waals surface area contributed by atoms with Crippen molar-refractivity contribution < 1.29 is 14.1 Å². The first-order valence-corrected chi connectivity index (χ1v) is 7.60. The fraction of sp³-hybridized carbons (Fsp3) is 0.667. The summed E-state index contributed by atoms with van der Waals surface area (Å²) in [7, 11) is -1.41. The van der Waals surface area contributed by atoms with Gasteiger partial charge in [-0.15, -0.1) is 0 Å². The minimum absolute atomic E-state index is 0.215. The molecule has 1 aromatic heterocycles. The van der Waals surface area contributed by atoms with E-state index in [-0.39, 0.29) is 5.75 Å². The molecule has 5 nitrogen and oxygen atoms in total. The Hall–Kier alpha value is -1.17. The highest BCUT2D eigenvalue weighted by molar-refractivity contribution is 7.85. The van der Waals surface area contributed by atoms with Crippen molar-refractivity contribution in [2.45, 2.75) is 49.7 Å². The van der Waals surface area contributed by atoms with Crippen LogP contribution in [-0.2, 0) is 21.3 Å². The molecule has 1 saturated carbocycles. The highest BCUT2D eigenvalue weighted by Gasteiger charge is 2.21. The number of aliphatic carboxylic acids is 1. The second-order valence-electron chi connectivity index (χ2n) is 4.73. The maximum atomic E-state index is 11.8. The number of nitrogens with zero attached hydrogens (tertiary/aromatic N) is 2. The molecule has 0 spiro atoms. The van der Waals surface area contributed by atoms with Gasteiger partial charge in [0.15, 0.2) is 0 Å². The molecule has 0 amide bonds. The smallest absolute Gasteiger partial charge is 0.318 e. The monoisotopic (exact) mass is 270 g/mol. The predicted molar refractivity (Wildman–Crippen MR) is 68.7 cm³/mol. The van der Waals surface area contributed by atoms with Gasteiger partial charge in [-0.1, -0.05) is 12.8 Å². The van der Waals surface area contributed by atoms with E-state index in [1.807, 2.05) is 16.9 Å². The van der Waals surface area contributed by atoms with E-state index in [2.05, 4.69) is 5.10 Å². The average molecular weight is 270 g/mol. The summed E-state index contributed by atoms with van der Waals surface area (Å²) in [5, 5.41) is 12.3. The van der Waals surface area contributed by atoms with E-state index < -0.39 is 22.0 Å². The molecular weight excluding hydrogens is 252 g/mol. The molecule has 0 saturated heterocycles. The first-order chi connectivity index (χ1) is 8.58. The summed E-state index contributed by atoms with van der Waals surface area (Å²) in [4.78, 5) is 10.7. The van der Waals surface area contributed by atoms with E-state index in [4.69, 9.17) is 5.11 Å². The van der Waals surface area contributed by atoms with Crippen molar-refractivity contribution in [2.24, 2.45) is 0 Å². The number of carbonyl (C=O) groups is 1. The van der Waals surface area contributed by atoms with Crippen molar-refractivity contribution >= 4 is 16.8 Å². The number of carboxylic acid groups (broad SMARTS) is 1. The fourth-order valence-electron chi connectivity index (χ4n) is 2.21. The lowest BCUT2D eigenvalue weighted by Crippen LogP contribution is -2.23. The number of aromatic nitrogens is 2.